The van der Waals surface area contributed by atoms with Gasteiger partial charge in [0, 0.05) is 12.6 Å². The third kappa shape index (κ3) is 4.55. The van der Waals surface area contributed by atoms with Gasteiger partial charge in [-0.1, -0.05) is 23.9 Å². The van der Waals surface area contributed by atoms with Gasteiger partial charge in [-0.25, -0.2) is 9.37 Å². The van der Waals surface area contributed by atoms with Crippen LogP contribution in [0.15, 0.2) is 46.8 Å². The van der Waals surface area contributed by atoms with Gasteiger partial charge in [-0.3, -0.25) is 9.59 Å². The van der Waals surface area contributed by atoms with E-state index < -0.39 is 5.82 Å². The molecule has 3 aromatic rings. The summed E-state index contributed by atoms with van der Waals surface area (Å²) in [5.41, 5.74) is 1.36. The summed E-state index contributed by atoms with van der Waals surface area (Å²) < 4.78 is 15.5. The van der Waals surface area contributed by atoms with Crippen molar-refractivity contribution in [3.63, 3.8) is 0 Å². The molecule has 3 rings (SSSR count). The standard InChI is InChI=1S/C17H14FN3O2S2/c1-10(22)19-14-8-11(6-7-12(14)18)20-16(23)9-24-17-21-13-4-2-3-5-15(13)25-17/h2-8H,9H2,1H3,(H,19,22)(H,20,23). The van der Waals surface area contributed by atoms with Crippen LogP contribution in [0.2, 0.25) is 0 Å². The van der Waals surface area contributed by atoms with Gasteiger partial charge in [-0.2, -0.15) is 0 Å². The van der Waals surface area contributed by atoms with Gasteiger partial charge in [0.15, 0.2) is 4.34 Å². The Bertz CT molecular complexity index is 910. The van der Waals surface area contributed by atoms with Crippen LogP contribution < -0.4 is 10.6 Å². The Kier molecular flexibility index (Phi) is 5.30. The quantitative estimate of drug-likeness (QED) is 0.658. The van der Waals surface area contributed by atoms with Crippen molar-refractivity contribution in [2.24, 2.45) is 0 Å². The smallest absolute Gasteiger partial charge is 0.234 e. The minimum atomic E-state index is -0.558. The number of anilines is 2. The molecule has 2 amide bonds. The monoisotopic (exact) mass is 375 g/mol. The minimum absolute atomic E-state index is 0.0316. The van der Waals surface area contributed by atoms with Crippen LogP contribution in [0.1, 0.15) is 6.92 Å². The number of thioether (sulfide) groups is 1. The Labute approximate surface area is 151 Å². The molecule has 8 heteroatoms. The highest BCUT2D eigenvalue weighted by atomic mass is 32.2. The van der Waals surface area contributed by atoms with Gasteiger partial charge < -0.3 is 10.6 Å². The van der Waals surface area contributed by atoms with E-state index in [0.29, 0.717) is 5.69 Å². The molecule has 2 aromatic carbocycles. The molecule has 2 N–H and O–H groups in total. The number of hydrogen-bond acceptors (Lipinski definition) is 5. The zero-order valence-electron chi connectivity index (χ0n) is 13.2. The summed E-state index contributed by atoms with van der Waals surface area (Å²) in [6.07, 6.45) is 0. The fraction of sp³-hybridized carbons (Fsp3) is 0.118. The van der Waals surface area contributed by atoms with Gasteiger partial charge in [-0.05, 0) is 30.3 Å². The van der Waals surface area contributed by atoms with Crippen LogP contribution >= 0.6 is 23.1 Å². The highest BCUT2D eigenvalue weighted by Gasteiger charge is 2.10. The van der Waals surface area contributed by atoms with Crippen molar-refractivity contribution < 1.29 is 14.0 Å². The first-order valence-electron chi connectivity index (χ1n) is 7.36. The number of nitrogens with one attached hydrogen (secondary N) is 2. The van der Waals surface area contributed by atoms with Gasteiger partial charge in [0.2, 0.25) is 11.8 Å². The summed E-state index contributed by atoms with van der Waals surface area (Å²) in [6, 6.07) is 11.8. The van der Waals surface area contributed by atoms with Crippen molar-refractivity contribution in [3.05, 3.63) is 48.3 Å². The number of benzene rings is 2. The predicted molar refractivity (Wildman–Crippen MR) is 99.7 cm³/mol. The van der Waals surface area contributed by atoms with Gasteiger partial charge in [0.25, 0.3) is 0 Å². The Balaban J connectivity index is 1.61. The zero-order chi connectivity index (χ0) is 17.8. The molecule has 0 spiro atoms. The molecule has 0 unspecified atom stereocenters. The number of thiazole rings is 1. The number of halogens is 1. The number of fused-ring (bicyclic) bond motifs is 1. The molecule has 1 aromatic heterocycles. The van der Waals surface area contributed by atoms with E-state index in [1.165, 1.54) is 48.2 Å². The number of aromatic nitrogens is 1. The average molecular weight is 375 g/mol. The van der Waals surface area contributed by atoms with Gasteiger partial charge in [0.05, 0.1) is 21.7 Å². The number of carbonyl (C=O) groups excluding carboxylic acids is 2. The molecule has 0 aliphatic heterocycles. The van der Waals surface area contributed by atoms with E-state index in [1.54, 1.807) is 0 Å². The lowest BCUT2D eigenvalue weighted by Crippen LogP contribution is -2.15. The number of rotatable bonds is 5. The average Bonchev–Trinajstić information content (AvgIpc) is 2.98. The van der Waals surface area contributed by atoms with Crippen molar-refractivity contribution in [1.29, 1.82) is 0 Å². The van der Waals surface area contributed by atoms with E-state index in [9.17, 15) is 14.0 Å². The van der Waals surface area contributed by atoms with Crippen molar-refractivity contribution in [2.75, 3.05) is 16.4 Å². The first-order chi connectivity index (χ1) is 12.0. The molecule has 0 saturated carbocycles. The van der Waals surface area contributed by atoms with Gasteiger partial charge in [-0.15, -0.1) is 11.3 Å². The second-order valence-corrected chi connectivity index (χ2v) is 7.41. The lowest BCUT2D eigenvalue weighted by atomic mass is 10.2. The SMILES string of the molecule is CC(=O)Nc1cc(NC(=O)CSc2nc3ccccc3s2)ccc1F. The molecule has 0 saturated heterocycles. The number of carbonyl (C=O) groups is 2. The maximum Gasteiger partial charge on any atom is 0.234 e. The molecule has 0 atom stereocenters. The van der Waals surface area contributed by atoms with Gasteiger partial charge in [0.1, 0.15) is 5.82 Å². The Morgan fingerprint density at radius 3 is 2.76 bits per heavy atom. The highest BCUT2D eigenvalue weighted by Crippen LogP contribution is 2.29. The Morgan fingerprint density at radius 2 is 2.00 bits per heavy atom. The fourth-order valence-electron chi connectivity index (χ4n) is 2.13. The largest absolute Gasteiger partial charge is 0.325 e. The molecule has 25 heavy (non-hydrogen) atoms. The molecular weight excluding hydrogens is 361 g/mol. The number of nitrogens with zero attached hydrogens (tertiary/aromatic N) is 1. The predicted octanol–water partition coefficient (Wildman–Crippen LogP) is 4.12. The van der Waals surface area contributed by atoms with Crippen LogP contribution in [0.25, 0.3) is 10.2 Å². The Morgan fingerprint density at radius 1 is 1.20 bits per heavy atom. The Hall–Kier alpha value is -2.45. The van der Waals surface area contributed by atoms with Crippen LogP contribution in [0, 0.1) is 5.82 Å². The summed E-state index contributed by atoms with van der Waals surface area (Å²) in [7, 11) is 0. The van der Waals surface area contributed by atoms with Crippen molar-refractivity contribution in [2.45, 2.75) is 11.3 Å². The normalized spacial score (nSPS) is 10.6. The zero-order valence-corrected chi connectivity index (χ0v) is 14.8. The van der Waals surface area contributed by atoms with E-state index >= 15 is 0 Å². The second-order valence-electron chi connectivity index (χ2n) is 5.16. The molecule has 0 fully saturated rings. The summed E-state index contributed by atoms with van der Waals surface area (Å²) in [4.78, 5) is 27.6. The molecule has 5 nitrogen and oxygen atoms in total. The minimum Gasteiger partial charge on any atom is -0.325 e. The second kappa shape index (κ2) is 7.62. The van der Waals surface area contributed by atoms with E-state index in [4.69, 9.17) is 0 Å². The number of hydrogen-bond donors (Lipinski definition) is 2. The summed E-state index contributed by atoms with van der Waals surface area (Å²) in [5.74, 6) is -0.984. The summed E-state index contributed by atoms with van der Waals surface area (Å²) in [6.45, 7) is 1.29. The third-order valence-corrected chi connectivity index (χ3v) is 5.34. The molecule has 0 aliphatic carbocycles. The molecule has 1 heterocycles. The van der Waals surface area contributed by atoms with Crippen molar-refractivity contribution in [1.82, 2.24) is 4.98 Å². The van der Waals surface area contributed by atoms with Crippen LogP contribution in [0.5, 0.6) is 0 Å². The van der Waals surface area contributed by atoms with E-state index in [1.807, 2.05) is 24.3 Å². The van der Waals surface area contributed by atoms with E-state index in [-0.39, 0.29) is 23.3 Å². The van der Waals surface area contributed by atoms with Gasteiger partial charge >= 0.3 is 0 Å². The maximum absolute atomic E-state index is 13.6. The van der Waals surface area contributed by atoms with Crippen molar-refractivity contribution in [3.8, 4) is 0 Å². The topological polar surface area (TPSA) is 71.1 Å². The number of amides is 2. The first kappa shape index (κ1) is 17.4. The molecule has 0 aliphatic rings. The maximum atomic E-state index is 13.6. The van der Waals surface area contributed by atoms with Crippen LogP contribution in [0.3, 0.4) is 0 Å². The fourth-order valence-corrected chi connectivity index (χ4v) is 3.99. The molecule has 0 bridgehead atoms. The van der Waals surface area contributed by atoms with Crippen molar-refractivity contribution >= 4 is 56.5 Å². The molecule has 0 radical (unpaired) electrons. The lowest BCUT2D eigenvalue weighted by molar-refractivity contribution is -0.114. The molecular formula is C17H14FN3O2S2. The van der Waals surface area contributed by atoms with E-state index in [0.717, 1.165) is 14.6 Å². The van der Waals surface area contributed by atoms with Crippen LogP contribution in [0.4, 0.5) is 15.8 Å². The summed E-state index contributed by atoms with van der Waals surface area (Å²) >= 11 is 2.87. The first-order valence-corrected chi connectivity index (χ1v) is 9.17. The van der Waals surface area contributed by atoms with Crippen LogP contribution in [-0.4, -0.2) is 22.6 Å². The highest BCUT2D eigenvalue weighted by molar-refractivity contribution is 8.01. The van der Waals surface area contributed by atoms with E-state index in [2.05, 4.69) is 15.6 Å². The molecule has 128 valence electrons. The lowest BCUT2D eigenvalue weighted by Gasteiger charge is -2.08. The third-order valence-electron chi connectivity index (χ3n) is 3.16. The summed E-state index contributed by atoms with van der Waals surface area (Å²) in [5, 5.41) is 5.07. The van der Waals surface area contributed by atoms with Crippen LogP contribution in [-0.2, 0) is 9.59 Å². The number of para-hydroxylation sites is 1.